The lowest BCUT2D eigenvalue weighted by Gasteiger charge is -2.27. The van der Waals surface area contributed by atoms with Gasteiger partial charge in [-0.25, -0.2) is 19.6 Å². The van der Waals surface area contributed by atoms with Crippen molar-refractivity contribution in [3.8, 4) is 11.5 Å². The molecule has 0 saturated heterocycles. The molecule has 0 radical (unpaired) electrons. The SMILES string of the molecule is C=CC(=O)OCCCCCCOC1=CC=C(OC(=O)C2CCC(C(=O)Oc3ccc(OC(=O)C4CCC(C(=O)OC5=CC=C(OCCCCCCOC(=O)C=C)CC5)CC4)c(/C=N/N(C)c4nc5ccccc5s4)c3)CC2)CC1. The van der Waals surface area contributed by atoms with Crippen molar-refractivity contribution in [3.63, 3.8) is 0 Å². The number of para-hydroxylation sites is 1. The highest BCUT2D eigenvalue weighted by Gasteiger charge is 2.35. The van der Waals surface area contributed by atoms with E-state index in [4.69, 9.17) is 42.9 Å². The predicted molar refractivity (Wildman–Crippen MR) is 298 cm³/mol. The fraction of sp³-hybridized carbons (Fsp3) is 0.475. The lowest BCUT2D eigenvalue weighted by atomic mass is 9.82. The van der Waals surface area contributed by atoms with Gasteiger partial charge < -0.3 is 37.9 Å². The lowest BCUT2D eigenvalue weighted by molar-refractivity contribution is -0.149. The number of allylic oxidation sites excluding steroid dienone is 8. The van der Waals surface area contributed by atoms with Crippen LogP contribution < -0.4 is 14.5 Å². The fourth-order valence-electron chi connectivity index (χ4n) is 9.52. The smallest absolute Gasteiger partial charge is 0.330 e. The Morgan fingerprint density at radius 1 is 0.570 bits per heavy atom. The Kier molecular flexibility index (Phi) is 23.5. The molecule has 17 nitrogen and oxygen atoms in total. The molecule has 7 rings (SSSR count). The molecule has 1 heterocycles. The second-order valence-corrected chi connectivity index (χ2v) is 21.0. The molecule has 0 N–H and O–H groups in total. The van der Waals surface area contributed by atoms with Gasteiger partial charge in [0, 0.05) is 50.4 Å². The molecule has 4 aliphatic carbocycles. The molecule has 1 aromatic heterocycles. The van der Waals surface area contributed by atoms with E-state index < -0.39 is 35.7 Å². The van der Waals surface area contributed by atoms with Crippen LogP contribution >= 0.6 is 11.3 Å². The molecule has 0 aliphatic heterocycles. The zero-order valence-electron chi connectivity index (χ0n) is 45.2. The van der Waals surface area contributed by atoms with Crippen molar-refractivity contribution in [2.75, 3.05) is 38.5 Å². The van der Waals surface area contributed by atoms with Gasteiger partial charge in [-0.3, -0.25) is 19.2 Å². The van der Waals surface area contributed by atoms with Gasteiger partial charge in [0.25, 0.3) is 0 Å². The Labute approximate surface area is 466 Å². The number of ether oxygens (including phenoxy) is 8. The minimum absolute atomic E-state index is 0.234. The summed E-state index contributed by atoms with van der Waals surface area (Å²) in [5, 5.41) is 6.92. The van der Waals surface area contributed by atoms with E-state index in [9.17, 15) is 28.8 Å². The van der Waals surface area contributed by atoms with Crippen LogP contribution in [0.5, 0.6) is 11.5 Å². The highest BCUT2D eigenvalue weighted by atomic mass is 32.1. The Morgan fingerprint density at radius 3 is 1.48 bits per heavy atom. The maximum absolute atomic E-state index is 13.8. The molecule has 18 heteroatoms. The molecule has 0 spiro atoms. The summed E-state index contributed by atoms with van der Waals surface area (Å²) in [7, 11) is 1.77. The summed E-state index contributed by atoms with van der Waals surface area (Å²) in [5.41, 5.74) is 1.25. The lowest BCUT2D eigenvalue weighted by Crippen LogP contribution is -2.30. The minimum atomic E-state index is -0.443. The number of carbonyl (C=O) groups is 6. The number of carbonyl (C=O) groups excluding carboxylic acids is 6. The van der Waals surface area contributed by atoms with Crippen LogP contribution in [0.25, 0.3) is 10.2 Å². The normalized spacial score (nSPS) is 19.1. The topological polar surface area (TPSA) is 205 Å². The van der Waals surface area contributed by atoms with E-state index in [1.165, 1.54) is 11.3 Å². The first kappa shape index (κ1) is 59.3. The van der Waals surface area contributed by atoms with Gasteiger partial charge in [-0.05, 0) is 157 Å². The van der Waals surface area contributed by atoms with Crippen LogP contribution in [0.15, 0.2) is 120 Å². The zero-order chi connectivity index (χ0) is 55.8. The van der Waals surface area contributed by atoms with Crippen molar-refractivity contribution in [1.82, 2.24) is 4.98 Å². The molecule has 0 unspecified atom stereocenters. The molecular weight excluding hydrogens is 1030 g/mol. The third kappa shape index (κ3) is 19.2. The second kappa shape index (κ2) is 31.3. The van der Waals surface area contributed by atoms with Crippen LogP contribution in [0.2, 0.25) is 0 Å². The molecule has 2 fully saturated rings. The number of hydrogen-bond donors (Lipinski definition) is 0. The van der Waals surface area contributed by atoms with E-state index in [0.717, 1.165) is 85.3 Å². The number of unbranched alkanes of at least 4 members (excludes halogenated alkanes) is 6. The van der Waals surface area contributed by atoms with E-state index in [1.54, 1.807) is 48.6 Å². The quantitative estimate of drug-likeness (QED) is 0.0121. The Hall–Kier alpha value is -7.34. The Balaban J connectivity index is 0.862. The first-order valence-corrected chi connectivity index (χ1v) is 28.5. The van der Waals surface area contributed by atoms with Crippen molar-refractivity contribution >= 4 is 68.7 Å². The van der Waals surface area contributed by atoms with Crippen LogP contribution in [0.1, 0.15) is 134 Å². The minimum Gasteiger partial charge on any atom is -0.498 e. The van der Waals surface area contributed by atoms with Gasteiger partial charge in [-0.15, -0.1) is 0 Å². The number of rotatable bonds is 29. The van der Waals surface area contributed by atoms with Crippen molar-refractivity contribution in [1.29, 1.82) is 0 Å². The monoisotopic (exact) mass is 1100 g/mol. The largest absolute Gasteiger partial charge is 0.498 e. The molecule has 0 atom stereocenters. The first-order valence-electron chi connectivity index (χ1n) is 27.7. The number of benzene rings is 2. The highest BCUT2D eigenvalue weighted by molar-refractivity contribution is 7.22. The third-order valence-corrected chi connectivity index (χ3v) is 15.3. The van der Waals surface area contributed by atoms with E-state index in [2.05, 4.69) is 18.3 Å². The van der Waals surface area contributed by atoms with Crippen molar-refractivity contribution in [3.05, 3.63) is 121 Å². The standard InChI is InChI=1S/C61H73N3O14S/c1-4-55(65)73-38-14-8-6-12-36-71-47-26-30-49(31-27-47)75-57(67)42-18-20-44(21-19-42)59(69)77-51-34-35-53(46(40-51)41-62-64(3)61-63-52-16-10-11-17-54(52)79-61)78-60(70)45-24-22-43(23-25-45)58(68)76-50-32-28-48(29-33-50)72-37-13-7-9-15-39-74-56(66)5-2/h4-5,10-11,16-17,26,28,30,32,34-35,40-45H,1-2,6-9,12-15,18-25,27,29,31,33,36-39H2,3H3/b62-41+. The molecule has 79 heavy (non-hydrogen) atoms. The summed E-state index contributed by atoms with van der Waals surface area (Å²) in [4.78, 5) is 80.8. The summed E-state index contributed by atoms with van der Waals surface area (Å²) in [5.74, 6) is -0.460. The Morgan fingerprint density at radius 2 is 1.01 bits per heavy atom. The van der Waals surface area contributed by atoms with Gasteiger partial charge in [0.05, 0.1) is 78.0 Å². The number of nitrogens with zero attached hydrogens (tertiary/aromatic N) is 3. The number of hydrogen-bond acceptors (Lipinski definition) is 18. The molecule has 4 aliphatic rings. The van der Waals surface area contributed by atoms with Gasteiger partial charge in [0.15, 0.2) is 0 Å². The number of hydrazone groups is 1. The van der Waals surface area contributed by atoms with Crippen LogP contribution in [-0.4, -0.2) is 80.5 Å². The third-order valence-electron chi connectivity index (χ3n) is 14.2. The summed E-state index contributed by atoms with van der Waals surface area (Å²) in [6, 6.07) is 12.6. The summed E-state index contributed by atoms with van der Waals surface area (Å²) in [6.07, 6.45) is 24.4. The molecule has 3 aromatic rings. The van der Waals surface area contributed by atoms with E-state index in [1.807, 2.05) is 36.4 Å². The van der Waals surface area contributed by atoms with E-state index in [-0.39, 0.29) is 35.3 Å². The van der Waals surface area contributed by atoms with Gasteiger partial charge in [0.2, 0.25) is 5.13 Å². The number of fused-ring (bicyclic) bond motifs is 1. The molecule has 2 saturated carbocycles. The molecule has 2 aromatic carbocycles. The molecular formula is C61H73N3O14S. The summed E-state index contributed by atoms with van der Waals surface area (Å²) < 4.78 is 46.4. The highest BCUT2D eigenvalue weighted by Crippen LogP contribution is 2.36. The maximum atomic E-state index is 13.8. The summed E-state index contributed by atoms with van der Waals surface area (Å²) >= 11 is 1.48. The fourth-order valence-corrected chi connectivity index (χ4v) is 10.4. The average Bonchev–Trinajstić information content (AvgIpc) is 3.94. The zero-order valence-corrected chi connectivity index (χ0v) is 46.1. The van der Waals surface area contributed by atoms with Gasteiger partial charge in [0.1, 0.15) is 23.0 Å². The molecule has 0 bridgehead atoms. The van der Waals surface area contributed by atoms with Gasteiger partial charge in [-0.1, -0.05) is 36.6 Å². The molecule has 0 amide bonds. The Bertz CT molecular complexity index is 2740. The van der Waals surface area contributed by atoms with Crippen LogP contribution in [0.4, 0.5) is 5.13 Å². The predicted octanol–water partition coefficient (Wildman–Crippen LogP) is 12.0. The van der Waals surface area contributed by atoms with Crippen LogP contribution in [0, 0.1) is 23.7 Å². The number of aromatic nitrogens is 1. The van der Waals surface area contributed by atoms with Crippen LogP contribution in [0.3, 0.4) is 0 Å². The van der Waals surface area contributed by atoms with Crippen molar-refractivity contribution < 1.29 is 66.7 Å². The van der Waals surface area contributed by atoms with Gasteiger partial charge in [-0.2, -0.15) is 5.10 Å². The van der Waals surface area contributed by atoms with E-state index >= 15 is 0 Å². The van der Waals surface area contributed by atoms with Crippen molar-refractivity contribution in [2.45, 2.75) is 128 Å². The number of esters is 6. The first-order chi connectivity index (χ1) is 38.4. The average molecular weight is 1100 g/mol. The maximum Gasteiger partial charge on any atom is 0.330 e. The summed E-state index contributed by atoms with van der Waals surface area (Å²) in [6.45, 7) is 8.72. The van der Waals surface area contributed by atoms with Crippen molar-refractivity contribution in [2.24, 2.45) is 28.8 Å². The van der Waals surface area contributed by atoms with Crippen LogP contribution in [-0.2, 0) is 57.2 Å². The van der Waals surface area contributed by atoms with E-state index in [0.29, 0.717) is 126 Å². The molecule has 422 valence electrons. The number of anilines is 1. The number of thiazole rings is 1. The second-order valence-electron chi connectivity index (χ2n) is 20.0. The van der Waals surface area contributed by atoms with Gasteiger partial charge >= 0.3 is 35.8 Å².